The van der Waals surface area contributed by atoms with Gasteiger partial charge in [0.15, 0.2) is 4.34 Å². The normalized spacial score (nSPS) is 11.1. The highest BCUT2D eigenvalue weighted by Crippen LogP contribution is 2.34. The lowest BCUT2D eigenvalue weighted by Gasteiger charge is -2.13. The van der Waals surface area contributed by atoms with Gasteiger partial charge in [0.25, 0.3) is 0 Å². The predicted octanol–water partition coefficient (Wildman–Crippen LogP) is 7.35. The van der Waals surface area contributed by atoms with E-state index in [9.17, 15) is 0 Å². The van der Waals surface area contributed by atoms with Crippen LogP contribution in [0, 0.1) is 27.7 Å². The maximum absolute atomic E-state index is 4.72. The standard InChI is InChI=1S/C26H24N6S2/c1-15-9-11-19(17(3)13-15)27-23-30-24(28-20-12-10-16(2)14-18(20)4)32-25(31-23)34-26-29-21-7-5-6-8-22(21)33-26/h5-14H,1-4H3,(H2,27,28,30,31,32). The molecule has 0 aliphatic heterocycles. The summed E-state index contributed by atoms with van der Waals surface area (Å²) in [5.41, 5.74) is 7.59. The maximum atomic E-state index is 4.72. The average Bonchev–Trinajstić information content (AvgIpc) is 3.20. The Bertz CT molecular complexity index is 1390. The molecule has 0 saturated heterocycles. The Morgan fingerprint density at radius 1 is 0.676 bits per heavy atom. The molecule has 0 spiro atoms. The lowest BCUT2D eigenvalue weighted by Crippen LogP contribution is -2.06. The number of nitrogens with zero attached hydrogens (tertiary/aromatic N) is 4. The quantitative estimate of drug-likeness (QED) is 0.261. The summed E-state index contributed by atoms with van der Waals surface area (Å²) in [4.78, 5) is 18.8. The van der Waals surface area contributed by atoms with E-state index in [4.69, 9.17) is 15.0 Å². The largest absolute Gasteiger partial charge is 0.324 e. The minimum absolute atomic E-state index is 0.484. The number of fused-ring (bicyclic) bond motifs is 1. The number of para-hydroxylation sites is 1. The van der Waals surface area contributed by atoms with Gasteiger partial charge in [-0.2, -0.15) is 15.0 Å². The Labute approximate surface area is 206 Å². The van der Waals surface area contributed by atoms with Crippen molar-refractivity contribution in [3.05, 3.63) is 82.9 Å². The number of aromatic nitrogens is 4. The van der Waals surface area contributed by atoms with Crippen LogP contribution in [0.5, 0.6) is 0 Å². The first-order valence-corrected chi connectivity index (χ1v) is 12.5. The van der Waals surface area contributed by atoms with Crippen molar-refractivity contribution in [1.82, 2.24) is 19.9 Å². The summed E-state index contributed by atoms with van der Waals surface area (Å²) in [7, 11) is 0. The molecule has 2 aromatic heterocycles. The fraction of sp³-hybridized carbons (Fsp3) is 0.154. The van der Waals surface area contributed by atoms with Crippen LogP contribution in [0.1, 0.15) is 22.3 Å². The van der Waals surface area contributed by atoms with Gasteiger partial charge in [-0.05, 0) is 74.8 Å². The molecule has 8 heteroatoms. The molecule has 5 aromatic rings. The van der Waals surface area contributed by atoms with Gasteiger partial charge in [-0.15, -0.1) is 11.3 Å². The molecule has 0 aliphatic carbocycles. The monoisotopic (exact) mass is 484 g/mol. The topological polar surface area (TPSA) is 75.6 Å². The van der Waals surface area contributed by atoms with Crippen molar-refractivity contribution >= 4 is 56.6 Å². The summed E-state index contributed by atoms with van der Waals surface area (Å²) < 4.78 is 2.03. The number of nitrogens with one attached hydrogen (secondary N) is 2. The molecule has 6 nitrogen and oxygen atoms in total. The molecule has 0 atom stereocenters. The van der Waals surface area contributed by atoms with Crippen LogP contribution in [0.4, 0.5) is 23.3 Å². The zero-order chi connectivity index (χ0) is 23.7. The van der Waals surface area contributed by atoms with Crippen LogP contribution in [-0.2, 0) is 0 Å². The third kappa shape index (κ3) is 5.03. The molecule has 0 amide bonds. The molecule has 0 radical (unpaired) electrons. The van der Waals surface area contributed by atoms with Crippen molar-refractivity contribution in [1.29, 1.82) is 0 Å². The van der Waals surface area contributed by atoms with Crippen LogP contribution in [0.2, 0.25) is 0 Å². The second kappa shape index (κ2) is 9.40. The van der Waals surface area contributed by atoms with E-state index < -0.39 is 0 Å². The molecule has 5 rings (SSSR count). The van der Waals surface area contributed by atoms with Gasteiger partial charge in [-0.3, -0.25) is 0 Å². The molecule has 0 saturated carbocycles. The molecule has 170 valence electrons. The van der Waals surface area contributed by atoms with Crippen LogP contribution >= 0.6 is 23.1 Å². The highest BCUT2D eigenvalue weighted by molar-refractivity contribution is 8.01. The predicted molar refractivity (Wildman–Crippen MR) is 142 cm³/mol. The Kier molecular flexibility index (Phi) is 6.17. The van der Waals surface area contributed by atoms with Gasteiger partial charge in [0.05, 0.1) is 10.2 Å². The number of rotatable bonds is 6. The average molecular weight is 485 g/mol. The lowest BCUT2D eigenvalue weighted by molar-refractivity contribution is 0.919. The van der Waals surface area contributed by atoms with Gasteiger partial charge in [-0.25, -0.2) is 4.98 Å². The molecule has 0 unspecified atom stereocenters. The van der Waals surface area contributed by atoms with E-state index in [0.717, 1.165) is 37.1 Å². The summed E-state index contributed by atoms with van der Waals surface area (Å²) >= 11 is 3.07. The Morgan fingerprint density at radius 3 is 1.82 bits per heavy atom. The maximum Gasteiger partial charge on any atom is 0.233 e. The van der Waals surface area contributed by atoms with Crippen molar-refractivity contribution in [3.8, 4) is 0 Å². The summed E-state index contributed by atoms with van der Waals surface area (Å²) in [5, 5.41) is 7.32. The van der Waals surface area contributed by atoms with E-state index in [-0.39, 0.29) is 0 Å². The van der Waals surface area contributed by atoms with E-state index in [1.165, 1.54) is 22.9 Å². The van der Waals surface area contributed by atoms with E-state index in [2.05, 4.69) is 73.6 Å². The molecule has 2 N–H and O–H groups in total. The van der Waals surface area contributed by atoms with Gasteiger partial charge in [0.1, 0.15) is 0 Å². The minimum atomic E-state index is 0.484. The van der Waals surface area contributed by atoms with Crippen LogP contribution in [-0.4, -0.2) is 19.9 Å². The van der Waals surface area contributed by atoms with Crippen LogP contribution in [0.25, 0.3) is 10.2 Å². The first-order valence-electron chi connectivity index (χ1n) is 10.9. The number of hydrogen-bond donors (Lipinski definition) is 2. The third-order valence-corrected chi connectivity index (χ3v) is 7.29. The number of aryl methyl sites for hydroxylation is 4. The zero-order valence-electron chi connectivity index (χ0n) is 19.4. The number of benzene rings is 3. The molecule has 3 aromatic carbocycles. The van der Waals surface area contributed by atoms with Crippen molar-refractivity contribution < 1.29 is 0 Å². The molecule has 34 heavy (non-hydrogen) atoms. The van der Waals surface area contributed by atoms with Gasteiger partial charge in [0.2, 0.25) is 17.1 Å². The smallest absolute Gasteiger partial charge is 0.233 e. The Balaban J connectivity index is 1.50. The number of anilines is 4. The van der Waals surface area contributed by atoms with Crippen LogP contribution in [0.15, 0.2) is 70.2 Å². The fourth-order valence-corrected chi connectivity index (χ4v) is 5.56. The molecule has 0 aliphatic rings. The highest BCUT2D eigenvalue weighted by Gasteiger charge is 2.13. The molecular weight excluding hydrogens is 460 g/mol. The third-order valence-electron chi connectivity index (χ3n) is 5.32. The lowest BCUT2D eigenvalue weighted by atomic mass is 10.1. The van der Waals surface area contributed by atoms with Crippen LogP contribution in [0.3, 0.4) is 0 Å². The molecule has 2 heterocycles. The van der Waals surface area contributed by atoms with Crippen molar-refractivity contribution in [3.63, 3.8) is 0 Å². The van der Waals surface area contributed by atoms with Gasteiger partial charge in [0, 0.05) is 11.4 Å². The minimum Gasteiger partial charge on any atom is -0.324 e. The SMILES string of the molecule is Cc1ccc(Nc2nc(Nc3ccc(C)cc3C)nc(Sc3nc4ccccc4s3)n2)c(C)c1. The van der Waals surface area contributed by atoms with E-state index in [0.29, 0.717) is 17.1 Å². The Hall–Kier alpha value is -3.49. The van der Waals surface area contributed by atoms with E-state index in [1.807, 2.05) is 30.3 Å². The molecule has 0 bridgehead atoms. The Morgan fingerprint density at radius 2 is 1.26 bits per heavy atom. The van der Waals surface area contributed by atoms with Crippen LogP contribution < -0.4 is 10.6 Å². The second-order valence-corrected chi connectivity index (χ2v) is 10.4. The molecule has 0 fully saturated rings. The van der Waals surface area contributed by atoms with Crippen molar-refractivity contribution in [2.45, 2.75) is 37.2 Å². The van der Waals surface area contributed by atoms with Crippen molar-refractivity contribution in [2.24, 2.45) is 0 Å². The number of hydrogen-bond acceptors (Lipinski definition) is 8. The number of thiazole rings is 1. The first kappa shape index (κ1) is 22.3. The van der Waals surface area contributed by atoms with Crippen molar-refractivity contribution in [2.75, 3.05) is 10.6 Å². The van der Waals surface area contributed by atoms with Gasteiger partial charge >= 0.3 is 0 Å². The summed E-state index contributed by atoms with van der Waals surface area (Å²) in [5.74, 6) is 0.968. The van der Waals surface area contributed by atoms with E-state index in [1.54, 1.807) is 11.3 Å². The summed E-state index contributed by atoms with van der Waals surface area (Å²) in [6.07, 6.45) is 0. The van der Waals surface area contributed by atoms with E-state index >= 15 is 0 Å². The summed E-state index contributed by atoms with van der Waals surface area (Å²) in [6.45, 7) is 8.31. The summed E-state index contributed by atoms with van der Waals surface area (Å²) in [6, 6.07) is 20.6. The second-order valence-electron chi connectivity index (χ2n) is 8.20. The van der Waals surface area contributed by atoms with Gasteiger partial charge < -0.3 is 10.6 Å². The highest BCUT2D eigenvalue weighted by atomic mass is 32.2. The zero-order valence-corrected chi connectivity index (χ0v) is 21.0. The first-order chi connectivity index (χ1) is 16.4. The van der Waals surface area contributed by atoms with Gasteiger partial charge in [-0.1, -0.05) is 47.5 Å². The molecular formula is C26H24N6S2. The fourth-order valence-electron chi connectivity index (χ4n) is 3.64.